The average Bonchev–Trinajstić information content (AvgIpc) is 2.98. The number of benzene rings is 3. The van der Waals surface area contributed by atoms with Crippen molar-refractivity contribution in [1.82, 2.24) is 0 Å². The summed E-state index contributed by atoms with van der Waals surface area (Å²) < 4.78 is 5.74. The quantitative estimate of drug-likeness (QED) is 0.506. The fourth-order valence-electron chi connectivity index (χ4n) is 5.30. The number of ether oxygens (including phenoxy) is 1. The van der Waals surface area contributed by atoms with Crippen molar-refractivity contribution in [2.24, 2.45) is 5.41 Å². The van der Waals surface area contributed by atoms with Crippen LogP contribution in [0.2, 0.25) is 0 Å². The van der Waals surface area contributed by atoms with E-state index in [4.69, 9.17) is 4.74 Å². The summed E-state index contributed by atoms with van der Waals surface area (Å²) >= 11 is 0. The van der Waals surface area contributed by atoms with Crippen molar-refractivity contribution in [1.29, 1.82) is 0 Å². The number of hydrogen-bond acceptors (Lipinski definition) is 4. The van der Waals surface area contributed by atoms with Crippen molar-refractivity contribution >= 4 is 23.1 Å². The molecule has 1 aliphatic carbocycles. The molecule has 0 fully saturated rings. The number of methoxy groups -OCH3 is 1. The van der Waals surface area contributed by atoms with E-state index in [0.29, 0.717) is 17.7 Å². The van der Waals surface area contributed by atoms with Gasteiger partial charge < -0.3 is 10.1 Å². The molecule has 178 valence electrons. The maximum atomic E-state index is 14.1. The summed E-state index contributed by atoms with van der Waals surface area (Å²) in [7, 11) is 1.62. The molecular formula is C30H30N2O3. The molecule has 35 heavy (non-hydrogen) atoms. The van der Waals surface area contributed by atoms with Gasteiger partial charge in [0.1, 0.15) is 5.75 Å². The van der Waals surface area contributed by atoms with Crippen molar-refractivity contribution in [3.8, 4) is 5.75 Å². The van der Waals surface area contributed by atoms with Crippen LogP contribution in [0.5, 0.6) is 5.75 Å². The molecule has 1 aliphatic heterocycles. The average molecular weight is 467 g/mol. The minimum atomic E-state index is -0.600. The van der Waals surface area contributed by atoms with Crippen molar-refractivity contribution < 1.29 is 14.3 Å². The van der Waals surface area contributed by atoms with Gasteiger partial charge in [0.15, 0.2) is 5.78 Å². The van der Waals surface area contributed by atoms with Gasteiger partial charge in [-0.25, -0.2) is 0 Å². The van der Waals surface area contributed by atoms with Crippen LogP contribution in [0.25, 0.3) is 0 Å². The van der Waals surface area contributed by atoms with Crippen molar-refractivity contribution in [2.45, 2.75) is 39.2 Å². The summed E-state index contributed by atoms with van der Waals surface area (Å²) in [6, 6.07) is 24.6. The van der Waals surface area contributed by atoms with Gasteiger partial charge >= 0.3 is 0 Å². The number of para-hydroxylation sites is 3. The van der Waals surface area contributed by atoms with Crippen LogP contribution in [0.4, 0.5) is 11.4 Å². The van der Waals surface area contributed by atoms with Gasteiger partial charge in [0.25, 0.3) is 0 Å². The predicted molar refractivity (Wildman–Crippen MR) is 138 cm³/mol. The Bertz CT molecular complexity index is 1310. The minimum Gasteiger partial charge on any atom is -0.496 e. The minimum absolute atomic E-state index is 0.0602. The highest BCUT2D eigenvalue weighted by molar-refractivity contribution is 6.07. The lowest BCUT2D eigenvalue weighted by Crippen LogP contribution is -2.40. The van der Waals surface area contributed by atoms with Crippen LogP contribution < -0.4 is 15.0 Å². The number of carbonyl (C=O) groups excluding carboxylic acids is 2. The number of fused-ring (bicyclic) bond motifs is 1. The summed E-state index contributed by atoms with van der Waals surface area (Å²) in [4.78, 5) is 29.7. The molecule has 0 spiro atoms. The van der Waals surface area contributed by atoms with Gasteiger partial charge in [0.05, 0.1) is 30.9 Å². The second kappa shape index (κ2) is 9.06. The second-order valence-corrected chi connectivity index (χ2v) is 10.0. The van der Waals surface area contributed by atoms with E-state index in [0.717, 1.165) is 34.6 Å². The number of nitrogens with one attached hydrogen (secondary N) is 1. The maximum absolute atomic E-state index is 14.1. The van der Waals surface area contributed by atoms with Gasteiger partial charge in [-0.2, -0.15) is 0 Å². The van der Waals surface area contributed by atoms with Gasteiger partial charge in [-0.3, -0.25) is 14.5 Å². The molecule has 2 aliphatic rings. The highest BCUT2D eigenvalue weighted by Gasteiger charge is 2.43. The summed E-state index contributed by atoms with van der Waals surface area (Å²) in [5, 5.41) is 3.56. The first-order chi connectivity index (χ1) is 16.9. The van der Waals surface area contributed by atoms with Crippen molar-refractivity contribution in [2.75, 3.05) is 17.3 Å². The van der Waals surface area contributed by atoms with E-state index >= 15 is 0 Å². The summed E-state index contributed by atoms with van der Waals surface area (Å²) in [6.07, 6.45) is 1.37. The normalized spacial score (nSPS) is 18.8. The van der Waals surface area contributed by atoms with Crippen molar-refractivity contribution in [3.63, 3.8) is 0 Å². The second-order valence-electron chi connectivity index (χ2n) is 10.0. The van der Waals surface area contributed by atoms with Gasteiger partial charge in [-0.1, -0.05) is 74.5 Å². The Morgan fingerprint density at radius 1 is 0.971 bits per heavy atom. The van der Waals surface area contributed by atoms with E-state index in [-0.39, 0.29) is 23.5 Å². The number of carbonyl (C=O) groups is 2. The number of hydrogen-bond donors (Lipinski definition) is 1. The molecule has 1 heterocycles. The van der Waals surface area contributed by atoms with Crippen LogP contribution in [0.15, 0.2) is 90.1 Å². The van der Waals surface area contributed by atoms with E-state index < -0.39 is 6.04 Å². The third-order valence-corrected chi connectivity index (χ3v) is 6.80. The molecule has 0 aromatic heterocycles. The molecule has 0 unspecified atom stereocenters. The Kier molecular flexibility index (Phi) is 5.93. The van der Waals surface area contributed by atoms with E-state index in [1.165, 1.54) is 0 Å². The number of Topliss-reactive ketones (excluding diaryl/α,β-unsaturated/α-hetero) is 1. The molecule has 0 radical (unpaired) electrons. The fraction of sp³-hybridized carbons (Fsp3) is 0.267. The van der Waals surface area contributed by atoms with Crippen LogP contribution in [-0.2, 0) is 16.0 Å². The fourth-order valence-corrected chi connectivity index (χ4v) is 5.30. The topological polar surface area (TPSA) is 58.6 Å². The number of nitrogens with zero attached hydrogens (tertiary/aromatic N) is 1. The first-order valence-corrected chi connectivity index (χ1v) is 12.0. The molecule has 5 rings (SSSR count). The monoisotopic (exact) mass is 466 g/mol. The molecule has 0 bridgehead atoms. The SMILES string of the molecule is COc1ccccc1[C@H]1C2=C(CC(C)(C)CC2=O)Nc2ccccc2N1C(=O)Cc1ccccc1. The first-order valence-electron chi connectivity index (χ1n) is 12.0. The van der Waals surface area contributed by atoms with E-state index in [9.17, 15) is 9.59 Å². The largest absolute Gasteiger partial charge is 0.496 e. The maximum Gasteiger partial charge on any atom is 0.232 e. The summed E-state index contributed by atoms with van der Waals surface area (Å²) in [5.41, 5.74) is 4.66. The van der Waals surface area contributed by atoms with Crippen LogP contribution in [0, 0.1) is 5.41 Å². The Morgan fingerprint density at radius 3 is 2.43 bits per heavy atom. The molecule has 5 heteroatoms. The zero-order valence-electron chi connectivity index (χ0n) is 20.4. The van der Waals surface area contributed by atoms with Gasteiger partial charge in [0, 0.05) is 23.3 Å². The molecule has 3 aromatic carbocycles. The molecule has 0 saturated heterocycles. The van der Waals surface area contributed by atoms with E-state index in [1.54, 1.807) is 12.0 Å². The number of ketones is 1. The van der Waals surface area contributed by atoms with E-state index in [1.807, 2.05) is 78.9 Å². The van der Waals surface area contributed by atoms with Gasteiger partial charge in [0.2, 0.25) is 5.91 Å². The molecular weight excluding hydrogens is 436 g/mol. The number of rotatable bonds is 4. The molecule has 3 aromatic rings. The first kappa shape index (κ1) is 22.9. The molecule has 5 nitrogen and oxygen atoms in total. The third kappa shape index (κ3) is 4.34. The van der Waals surface area contributed by atoms with Crippen molar-refractivity contribution in [3.05, 3.63) is 101 Å². The number of amides is 1. The lowest BCUT2D eigenvalue weighted by atomic mass is 9.73. The van der Waals surface area contributed by atoms with Crippen LogP contribution in [-0.4, -0.2) is 18.8 Å². The van der Waals surface area contributed by atoms with Gasteiger partial charge in [-0.15, -0.1) is 0 Å². The Balaban J connectivity index is 1.75. The molecule has 1 amide bonds. The van der Waals surface area contributed by atoms with Crippen LogP contribution in [0.1, 0.15) is 43.9 Å². The zero-order chi connectivity index (χ0) is 24.6. The lowest BCUT2D eigenvalue weighted by Gasteiger charge is -2.37. The number of anilines is 2. The Morgan fingerprint density at radius 2 is 1.66 bits per heavy atom. The van der Waals surface area contributed by atoms with Crippen LogP contribution >= 0.6 is 0 Å². The zero-order valence-corrected chi connectivity index (χ0v) is 20.4. The molecule has 1 N–H and O–H groups in total. The summed E-state index contributed by atoms with van der Waals surface area (Å²) in [5.74, 6) is 0.636. The van der Waals surface area contributed by atoms with Crippen LogP contribution in [0.3, 0.4) is 0 Å². The summed E-state index contributed by atoms with van der Waals surface area (Å²) in [6.45, 7) is 4.23. The Labute approximate surface area is 206 Å². The standard InChI is InChI=1S/C30H30N2O3/c1-30(2)18-23-28(25(33)19-30)29(21-13-7-10-16-26(21)35-3)32(24-15-9-8-14-22(24)31-23)27(34)17-20-11-5-4-6-12-20/h4-16,29,31H,17-19H2,1-3H3/t29-/m0/s1. The predicted octanol–water partition coefficient (Wildman–Crippen LogP) is 6.08. The number of allylic oxidation sites excluding steroid dienone is 1. The lowest BCUT2D eigenvalue weighted by molar-refractivity contribution is -0.119. The highest BCUT2D eigenvalue weighted by atomic mass is 16.5. The third-order valence-electron chi connectivity index (χ3n) is 6.80. The van der Waals surface area contributed by atoms with E-state index in [2.05, 4.69) is 19.2 Å². The smallest absolute Gasteiger partial charge is 0.232 e. The molecule has 1 atom stereocenters. The highest BCUT2D eigenvalue weighted by Crippen LogP contribution is 2.49. The van der Waals surface area contributed by atoms with Gasteiger partial charge in [-0.05, 0) is 35.6 Å². The Hall–Kier alpha value is -3.86. The molecule has 0 saturated carbocycles.